The number of nitrogens with one attached hydrogen (secondary N) is 1. The van der Waals surface area contributed by atoms with Gasteiger partial charge >= 0.3 is 0 Å². The van der Waals surface area contributed by atoms with Gasteiger partial charge in [0.2, 0.25) is 0 Å². The summed E-state index contributed by atoms with van der Waals surface area (Å²) in [6.07, 6.45) is 21.8. The lowest BCUT2D eigenvalue weighted by atomic mass is 10.1. The number of hydrogen-bond acceptors (Lipinski definition) is 11. The van der Waals surface area contributed by atoms with Gasteiger partial charge in [-0.2, -0.15) is 15.3 Å². The number of aromatic nitrogens is 13. The summed E-state index contributed by atoms with van der Waals surface area (Å²) in [5, 5.41) is 15.6. The number of azo groups is 1. The molecule has 0 aromatic carbocycles. The van der Waals surface area contributed by atoms with Gasteiger partial charge in [-0.05, 0) is 36.3 Å². The van der Waals surface area contributed by atoms with Crippen molar-refractivity contribution < 1.29 is 0 Å². The molecule has 8 rings (SSSR count). The van der Waals surface area contributed by atoms with Crippen LogP contribution < -0.4 is 0 Å². The third kappa shape index (κ3) is 25.5. The van der Waals surface area contributed by atoms with E-state index in [4.69, 9.17) is 0 Å². The number of rotatable bonds is 8. The Balaban J connectivity index is 0.000000788. The fraction of sp³-hybridized carbons (Fsp3) is 0.611. The highest BCUT2D eigenvalue weighted by molar-refractivity contribution is 5.85. The molecule has 0 saturated heterocycles. The molecule has 17 nitrogen and oxygen atoms in total. The lowest BCUT2D eigenvalue weighted by Crippen LogP contribution is -2.00. The van der Waals surface area contributed by atoms with Crippen LogP contribution in [0, 0.1) is 18.8 Å². The van der Waals surface area contributed by atoms with Gasteiger partial charge in [0, 0.05) is 132 Å². The maximum absolute atomic E-state index is 4.18. The predicted octanol–water partition coefficient (Wildman–Crippen LogP) is 13.1. The molecule has 1 N–H and O–H groups in total. The van der Waals surface area contributed by atoms with Crippen molar-refractivity contribution in [3.63, 3.8) is 0 Å². The summed E-state index contributed by atoms with van der Waals surface area (Å²) in [6, 6.07) is 2.24. The Hall–Kier alpha value is -6.13. The van der Waals surface area contributed by atoms with Crippen LogP contribution in [0.1, 0.15) is 200 Å². The lowest BCUT2D eigenvalue weighted by molar-refractivity contribution is 0.655. The summed E-state index contributed by atoms with van der Waals surface area (Å²) in [6.45, 7) is 36.7. The fourth-order valence-corrected chi connectivity index (χ4v) is 6.53. The first-order valence-corrected chi connectivity index (χ1v) is 24.8. The Morgan fingerprint density at radius 3 is 1.49 bits per heavy atom. The van der Waals surface area contributed by atoms with Crippen molar-refractivity contribution in [1.82, 2.24) is 63.2 Å². The molecule has 6 aromatic rings. The molecule has 17 heteroatoms. The number of aromatic amines is 1. The van der Waals surface area contributed by atoms with E-state index in [1.807, 2.05) is 74.7 Å². The number of nitrogens with zero attached hydrogens (tertiary/aromatic N) is 16. The van der Waals surface area contributed by atoms with Crippen molar-refractivity contribution in [3.8, 4) is 0 Å². The van der Waals surface area contributed by atoms with Crippen LogP contribution in [-0.4, -0.2) is 81.9 Å². The van der Waals surface area contributed by atoms with E-state index < -0.39 is 0 Å². The van der Waals surface area contributed by atoms with Gasteiger partial charge < -0.3 is 18.7 Å². The van der Waals surface area contributed by atoms with Crippen molar-refractivity contribution in [2.24, 2.45) is 67.3 Å². The summed E-state index contributed by atoms with van der Waals surface area (Å²) in [4.78, 5) is 31.6. The van der Waals surface area contributed by atoms with Crippen LogP contribution in [0.5, 0.6) is 0 Å². The van der Waals surface area contributed by atoms with Crippen molar-refractivity contribution in [1.29, 1.82) is 0 Å². The SMILES string of the molecule is C.CC(C)C1=CCC=N1.CC(C)C1=NCN=N1.CC(C)c1cncn1C.CC(C)c1ncc[nH]1.CC(C)c1nccn1C.CC(C)c1ncn(C)n1.CC(C)c1ncnn1C.Cc1cc(C(C)C)n(C)c1. The smallest absolute Gasteiger partial charge is 0.153 e. The molecule has 71 heavy (non-hydrogen) atoms. The molecule has 8 heterocycles. The van der Waals surface area contributed by atoms with Crippen LogP contribution in [0.2, 0.25) is 0 Å². The van der Waals surface area contributed by atoms with Gasteiger partial charge in [-0.3, -0.25) is 14.4 Å². The lowest BCUT2D eigenvalue weighted by Gasteiger charge is -2.04. The summed E-state index contributed by atoms with van der Waals surface area (Å²) < 4.78 is 9.80. The van der Waals surface area contributed by atoms with Gasteiger partial charge in [-0.15, -0.1) is 5.11 Å². The molecule has 0 amide bonds. The van der Waals surface area contributed by atoms with Crippen LogP contribution in [0.4, 0.5) is 0 Å². The molecule has 2 aliphatic rings. The second kappa shape index (κ2) is 34.2. The third-order valence-corrected chi connectivity index (χ3v) is 10.3. The molecule has 0 atom stereocenters. The molecule has 2 aliphatic heterocycles. The molecule has 0 aliphatic carbocycles. The van der Waals surface area contributed by atoms with E-state index in [0.29, 0.717) is 54.0 Å². The van der Waals surface area contributed by atoms with Crippen molar-refractivity contribution >= 4 is 12.1 Å². The first kappa shape index (κ1) is 64.9. The summed E-state index contributed by atoms with van der Waals surface area (Å²) in [5.41, 5.74) is 5.30. The number of H-pyrrole nitrogens is 1. The Morgan fingerprint density at radius 2 is 1.27 bits per heavy atom. The van der Waals surface area contributed by atoms with Gasteiger partial charge in [0.25, 0.3) is 0 Å². The normalized spacial score (nSPS) is 12.1. The highest BCUT2D eigenvalue weighted by atomic mass is 15.3. The number of aliphatic imine (C=N–C) groups is 2. The minimum Gasteiger partial charge on any atom is -0.354 e. The van der Waals surface area contributed by atoms with E-state index in [0.717, 1.165) is 35.6 Å². The monoisotopic (exact) mass is 982 g/mol. The van der Waals surface area contributed by atoms with Gasteiger partial charge in [0.15, 0.2) is 12.5 Å². The first-order valence-electron chi connectivity index (χ1n) is 24.8. The minimum atomic E-state index is 0. The van der Waals surface area contributed by atoms with E-state index in [9.17, 15) is 0 Å². The fourth-order valence-electron chi connectivity index (χ4n) is 6.53. The van der Waals surface area contributed by atoms with Gasteiger partial charge in [-0.25, -0.2) is 29.9 Å². The third-order valence-electron chi connectivity index (χ3n) is 10.3. The summed E-state index contributed by atoms with van der Waals surface area (Å²) >= 11 is 0. The Labute approximate surface area is 429 Å². The Bertz CT molecular complexity index is 2250. The molecular formula is C54H95N17. The number of amidine groups is 1. The highest BCUT2D eigenvalue weighted by Crippen LogP contribution is 2.17. The minimum absolute atomic E-state index is 0. The standard InChI is InChI=1S/C9H15N.2C7H12N2.C7H11N.2C6H11N3.C6H10N2.C5H9N3.CH4/c1-7(2)9-5-8(3)6-10(9)4;1-6(2)7-4-8-5-9(7)3;1-6(2)7-8-4-5-9(7)3;1-6(2)7-4-3-5-8-7;1-5(2)6-7-4-9(3)8-6;1-5(2)6-7-4-8-9(6)3;1-5(2)6-7-3-4-8-6;1-4(2)5-6-3-7-8-5;/h5-7H,1-4H3;2*4-6H,1-3H3;4-6H,3H2,1-2H3;2*4-5H,1-3H3;3-5H,1-2H3,(H,7,8);4H,3H2,1-2H3;1H4. The second-order valence-corrected chi connectivity index (χ2v) is 19.7. The largest absolute Gasteiger partial charge is 0.354 e. The molecule has 0 radical (unpaired) electrons. The van der Waals surface area contributed by atoms with Crippen molar-refractivity contribution in [2.75, 3.05) is 6.67 Å². The Kier molecular flexibility index (Phi) is 31.3. The van der Waals surface area contributed by atoms with E-state index in [-0.39, 0.29) is 7.43 Å². The van der Waals surface area contributed by atoms with Crippen molar-refractivity contribution in [3.05, 3.63) is 114 Å². The molecule has 0 fully saturated rings. The molecular weight excluding hydrogens is 887 g/mol. The summed E-state index contributed by atoms with van der Waals surface area (Å²) in [7, 11) is 9.91. The molecule has 0 saturated carbocycles. The van der Waals surface area contributed by atoms with Gasteiger partial charge in [0.05, 0.1) is 6.33 Å². The zero-order chi connectivity index (χ0) is 53.1. The molecule has 0 bridgehead atoms. The molecule has 396 valence electrons. The van der Waals surface area contributed by atoms with Crippen LogP contribution in [0.25, 0.3) is 0 Å². The van der Waals surface area contributed by atoms with E-state index in [2.05, 4.69) is 208 Å². The van der Waals surface area contributed by atoms with Crippen LogP contribution in [-0.2, 0) is 35.2 Å². The van der Waals surface area contributed by atoms with Gasteiger partial charge in [-0.1, -0.05) is 124 Å². The second-order valence-electron chi connectivity index (χ2n) is 19.7. The van der Waals surface area contributed by atoms with E-state index >= 15 is 0 Å². The maximum atomic E-state index is 4.18. The quantitative estimate of drug-likeness (QED) is 0.157. The number of imidazole rings is 3. The highest BCUT2D eigenvalue weighted by Gasteiger charge is 2.07. The first-order chi connectivity index (χ1) is 32.9. The van der Waals surface area contributed by atoms with E-state index in [1.54, 1.807) is 28.2 Å². The van der Waals surface area contributed by atoms with Crippen LogP contribution in [0.3, 0.4) is 0 Å². The molecule has 0 spiro atoms. The number of aryl methyl sites for hydroxylation is 6. The van der Waals surface area contributed by atoms with Crippen LogP contribution >= 0.6 is 0 Å². The average molecular weight is 982 g/mol. The zero-order valence-electron chi connectivity index (χ0n) is 47.1. The van der Waals surface area contributed by atoms with E-state index in [1.165, 1.54) is 22.6 Å². The van der Waals surface area contributed by atoms with Gasteiger partial charge in [0.1, 0.15) is 36.0 Å². The van der Waals surface area contributed by atoms with Crippen molar-refractivity contribution in [2.45, 2.75) is 167 Å². The molecule has 6 aromatic heterocycles. The zero-order valence-corrected chi connectivity index (χ0v) is 47.1. The topological polar surface area (TPSA) is 180 Å². The summed E-state index contributed by atoms with van der Waals surface area (Å²) in [5.74, 6) is 9.25. The Morgan fingerprint density at radius 1 is 0.620 bits per heavy atom. The van der Waals surface area contributed by atoms with Crippen LogP contribution in [0.15, 0.2) is 94.2 Å². The maximum Gasteiger partial charge on any atom is 0.153 e. The molecule has 0 unspecified atom stereocenters. The average Bonchev–Trinajstić information content (AvgIpc) is 4.14. The number of hydrogen-bond donors (Lipinski definition) is 1. The number of allylic oxidation sites excluding steroid dienone is 2. The predicted molar refractivity (Wildman–Crippen MR) is 296 cm³/mol.